The molecule has 0 fully saturated rings. The molecular formula is C18H15FN4O3. The Morgan fingerprint density at radius 2 is 1.92 bits per heavy atom. The van der Waals surface area contributed by atoms with E-state index in [-0.39, 0.29) is 22.8 Å². The molecule has 0 aliphatic heterocycles. The van der Waals surface area contributed by atoms with Crippen molar-refractivity contribution in [3.8, 4) is 6.07 Å². The number of nitro benzene ring substituents is 1. The van der Waals surface area contributed by atoms with Crippen molar-refractivity contribution in [2.75, 3.05) is 11.9 Å². The maximum absolute atomic E-state index is 12.8. The summed E-state index contributed by atoms with van der Waals surface area (Å²) in [6, 6.07) is 13.4. The Balaban J connectivity index is 1.96. The highest BCUT2D eigenvalue weighted by atomic mass is 19.1. The molecular weight excluding hydrogens is 339 g/mol. The van der Waals surface area contributed by atoms with Gasteiger partial charge in [0.2, 0.25) is 0 Å². The molecule has 0 spiro atoms. The summed E-state index contributed by atoms with van der Waals surface area (Å²) in [5.74, 6) is -1.07. The molecule has 0 aromatic heterocycles. The summed E-state index contributed by atoms with van der Waals surface area (Å²) in [4.78, 5) is 22.4. The summed E-state index contributed by atoms with van der Waals surface area (Å²) < 4.78 is 12.8. The molecule has 8 heteroatoms. The minimum absolute atomic E-state index is 0.00922. The molecule has 2 rings (SSSR count). The second kappa shape index (κ2) is 8.94. The van der Waals surface area contributed by atoms with E-state index in [0.29, 0.717) is 13.0 Å². The lowest BCUT2D eigenvalue weighted by Gasteiger charge is -2.06. The molecule has 0 saturated heterocycles. The number of hydrogen-bond acceptors (Lipinski definition) is 5. The van der Waals surface area contributed by atoms with Gasteiger partial charge in [-0.25, -0.2) is 4.39 Å². The second-order valence-electron chi connectivity index (χ2n) is 5.23. The van der Waals surface area contributed by atoms with Crippen molar-refractivity contribution in [1.29, 1.82) is 5.26 Å². The third kappa shape index (κ3) is 5.14. The van der Waals surface area contributed by atoms with Crippen LogP contribution in [0.4, 0.5) is 15.8 Å². The fourth-order valence-corrected chi connectivity index (χ4v) is 2.12. The van der Waals surface area contributed by atoms with Crippen LogP contribution in [0.15, 0.2) is 60.3 Å². The fourth-order valence-electron chi connectivity index (χ4n) is 2.12. The average Bonchev–Trinajstić information content (AvgIpc) is 2.63. The molecule has 2 aromatic carbocycles. The zero-order chi connectivity index (χ0) is 18.9. The Bertz CT molecular complexity index is 873. The lowest BCUT2D eigenvalue weighted by Crippen LogP contribution is -2.18. The number of carbonyl (C=O) groups is 1. The number of nitriles is 1. The van der Waals surface area contributed by atoms with Gasteiger partial charge < -0.3 is 10.6 Å². The van der Waals surface area contributed by atoms with Gasteiger partial charge in [-0.1, -0.05) is 24.3 Å². The number of rotatable bonds is 7. The largest absolute Gasteiger partial charge is 0.389 e. The van der Waals surface area contributed by atoms with E-state index in [1.807, 2.05) is 0 Å². The highest BCUT2D eigenvalue weighted by molar-refractivity contribution is 6.07. The Hall–Kier alpha value is -3.73. The van der Waals surface area contributed by atoms with E-state index in [4.69, 9.17) is 5.26 Å². The Morgan fingerprint density at radius 1 is 1.23 bits per heavy atom. The van der Waals surface area contributed by atoms with E-state index >= 15 is 0 Å². The number of carbonyl (C=O) groups excluding carboxylic acids is 1. The molecule has 2 N–H and O–H groups in total. The van der Waals surface area contributed by atoms with Crippen LogP contribution in [-0.4, -0.2) is 17.4 Å². The standard InChI is InChI=1S/C18H15FN4O3/c19-15-7-5-13(6-8-15)9-10-21-12-14(11-20)18(24)22-16-3-1-2-4-17(16)23(25)26/h1-8,12,21H,9-10H2,(H,22,24)/b14-12-. The van der Waals surface area contributed by atoms with Crippen molar-refractivity contribution in [2.45, 2.75) is 6.42 Å². The van der Waals surface area contributed by atoms with Crippen LogP contribution in [0.1, 0.15) is 5.56 Å². The maximum Gasteiger partial charge on any atom is 0.292 e. The molecule has 7 nitrogen and oxygen atoms in total. The Morgan fingerprint density at radius 3 is 2.58 bits per heavy atom. The maximum atomic E-state index is 12.8. The zero-order valence-electron chi connectivity index (χ0n) is 13.6. The fraction of sp³-hybridized carbons (Fsp3) is 0.111. The summed E-state index contributed by atoms with van der Waals surface area (Å²) in [5.41, 5.74) is 0.426. The van der Waals surface area contributed by atoms with E-state index in [1.54, 1.807) is 24.3 Å². The van der Waals surface area contributed by atoms with Crippen molar-refractivity contribution in [2.24, 2.45) is 0 Å². The van der Waals surface area contributed by atoms with Crippen LogP contribution in [0, 0.1) is 27.3 Å². The summed E-state index contributed by atoms with van der Waals surface area (Å²) >= 11 is 0. The molecule has 26 heavy (non-hydrogen) atoms. The van der Waals surface area contributed by atoms with Gasteiger partial charge in [0.15, 0.2) is 0 Å². The van der Waals surface area contributed by atoms with Crippen LogP contribution in [-0.2, 0) is 11.2 Å². The molecule has 2 aromatic rings. The third-order valence-corrected chi connectivity index (χ3v) is 3.43. The van der Waals surface area contributed by atoms with E-state index < -0.39 is 10.8 Å². The van der Waals surface area contributed by atoms with E-state index in [1.165, 1.54) is 36.5 Å². The minimum atomic E-state index is -0.754. The Labute approximate surface area is 148 Å². The van der Waals surface area contributed by atoms with Crippen molar-refractivity contribution < 1.29 is 14.1 Å². The van der Waals surface area contributed by atoms with Crippen LogP contribution in [0.5, 0.6) is 0 Å². The summed E-state index contributed by atoms with van der Waals surface area (Å²) in [6.07, 6.45) is 1.81. The first-order valence-electron chi connectivity index (χ1n) is 7.64. The molecule has 0 aliphatic carbocycles. The van der Waals surface area contributed by atoms with Crippen molar-refractivity contribution in [1.82, 2.24) is 5.32 Å². The average molecular weight is 354 g/mol. The molecule has 0 saturated carbocycles. The summed E-state index contributed by atoms with van der Waals surface area (Å²) in [7, 11) is 0. The van der Waals surface area contributed by atoms with Gasteiger partial charge in [0.25, 0.3) is 11.6 Å². The second-order valence-corrected chi connectivity index (χ2v) is 5.23. The SMILES string of the molecule is N#C/C(=C/NCCc1ccc(F)cc1)C(=O)Nc1ccccc1[N+](=O)[O-]. The lowest BCUT2D eigenvalue weighted by molar-refractivity contribution is -0.383. The van der Waals surface area contributed by atoms with Crippen LogP contribution in [0.3, 0.4) is 0 Å². The summed E-state index contributed by atoms with van der Waals surface area (Å²) in [6.45, 7) is 0.426. The topological polar surface area (TPSA) is 108 Å². The van der Waals surface area contributed by atoms with E-state index in [9.17, 15) is 19.3 Å². The third-order valence-electron chi connectivity index (χ3n) is 3.43. The van der Waals surface area contributed by atoms with Gasteiger partial charge in [0.1, 0.15) is 23.1 Å². The van der Waals surface area contributed by atoms with Crippen LogP contribution < -0.4 is 10.6 Å². The quantitative estimate of drug-likeness (QED) is 0.261. The summed E-state index contributed by atoms with van der Waals surface area (Å²) in [5, 5.41) is 25.2. The van der Waals surface area contributed by atoms with Crippen LogP contribution >= 0.6 is 0 Å². The predicted octanol–water partition coefficient (Wildman–Crippen LogP) is 2.91. The van der Waals surface area contributed by atoms with E-state index in [0.717, 1.165) is 5.56 Å². The smallest absolute Gasteiger partial charge is 0.292 e. The number of hydrogen-bond donors (Lipinski definition) is 2. The number of anilines is 1. The van der Waals surface area contributed by atoms with Gasteiger partial charge in [0.05, 0.1) is 4.92 Å². The number of amides is 1. The predicted molar refractivity (Wildman–Crippen MR) is 93.5 cm³/mol. The molecule has 0 radical (unpaired) electrons. The molecule has 0 bridgehead atoms. The number of nitrogens with zero attached hydrogens (tertiary/aromatic N) is 2. The first kappa shape index (κ1) is 18.6. The molecule has 0 aliphatic rings. The van der Waals surface area contributed by atoms with Gasteiger partial charge in [0, 0.05) is 18.8 Å². The van der Waals surface area contributed by atoms with Gasteiger partial charge >= 0.3 is 0 Å². The number of benzene rings is 2. The highest BCUT2D eigenvalue weighted by Gasteiger charge is 2.16. The lowest BCUT2D eigenvalue weighted by atomic mass is 10.1. The monoisotopic (exact) mass is 354 g/mol. The number of para-hydroxylation sites is 2. The highest BCUT2D eigenvalue weighted by Crippen LogP contribution is 2.23. The van der Waals surface area contributed by atoms with E-state index in [2.05, 4.69) is 10.6 Å². The Kier molecular flexibility index (Phi) is 6.40. The first-order valence-corrected chi connectivity index (χ1v) is 7.64. The molecule has 132 valence electrons. The van der Waals surface area contributed by atoms with Crippen molar-refractivity contribution in [3.05, 3.63) is 81.8 Å². The minimum Gasteiger partial charge on any atom is -0.389 e. The normalized spacial score (nSPS) is 10.7. The van der Waals surface area contributed by atoms with Gasteiger partial charge in [-0.05, 0) is 30.2 Å². The number of halogens is 1. The molecule has 1 amide bonds. The molecule has 0 heterocycles. The van der Waals surface area contributed by atoms with Crippen LogP contribution in [0.2, 0.25) is 0 Å². The molecule has 0 atom stereocenters. The molecule has 0 unspecified atom stereocenters. The van der Waals surface area contributed by atoms with Gasteiger partial charge in [-0.2, -0.15) is 5.26 Å². The van der Waals surface area contributed by atoms with Crippen molar-refractivity contribution in [3.63, 3.8) is 0 Å². The van der Waals surface area contributed by atoms with Crippen LogP contribution in [0.25, 0.3) is 0 Å². The van der Waals surface area contributed by atoms with Crippen molar-refractivity contribution >= 4 is 17.3 Å². The number of nitrogens with one attached hydrogen (secondary N) is 2. The van der Waals surface area contributed by atoms with Gasteiger partial charge in [-0.3, -0.25) is 14.9 Å². The zero-order valence-corrected chi connectivity index (χ0v) is 13.6. The number of nitro groups is 1. The van der Waals surface area contributed by atoms with Gasteiger partial charge in [-0.15, -0.1) is 0 Å². The first-order chi connectivity index (χ1) is 12.5.